The Morgan fingerprint density at radius 2 is 2.13 bits per heavy atom. The van der Waals surface area contributed by atoms with Gasteiger partial charge < -0.3 is 5.73 Å². The van der Waals surface area contributed by atoms with Crippen molar-refractivity contribution in [1.29, 1.82) is 0 Å². The lowest BCUT2D eigenvalue weighted by Crippen LogP contribution is -2.24. The molecule has 0 saturated heterocycles. The van der Waals surface area contributed by atoms with Gasteiger partial charge in [0, 0.05) is 10.6 Å². The van der Waals surface area contributed by atoms with Crippen LogP contribution in [0.4, 0.5) is 0 Å². The molecule has 1 fully saturated rings. The number of nitrogens with two attached hydrogens (primary N) is 1. The van der Waals surface area contributed by atoms with Crippen molar-refractivity contribution in [3.8, 4) is 0 Å². The van der Waals surface area contributed by atoms with Gasteiger partial charge in [0.15, 0.2) is 0 Å². The first-order chi connectivity index (χ1) is 6.98. The van der Waals surface area contributed by atoms with E-state index >= 15 is 0 Å². The quantitative estimate of drug-likeness (QED) is 0.832. The van der Waals surface area contributed by atoms with E-state index in [4.69, 9.17) is 17.3 Å². The van der Waals surface area contributed by atoms with Gasteiger partial charge in [0.25, 0.3) is 0 Å². The predicted molar refractivity (Wildman–Crippen MR) is 66.0 cm³/mol. The van der Waals surface area contributed by atoms with E-state index in [1.165, 1.54) is 5.56 Å². The topological polar surface area (TPSA) is 26.0 Å². The third-order valence-electron chi connectivity index (χ3n) is 2.90. The van der Waals surface area contributed by atoms with Crippen LogP contribution in [-0.4, -0.2) is 5.54 Å². The van der Waals surface area contributed by atoms with Gasteiger partial charge >= 0.3 is 0 Å². The van der Waals surface area contributed by atoms with Gasteiger partial charge in [-0.25, -0.2) is 0 Å². The lowest BCUT2D eigenvalue weighted by molar-refractivity contribution is 0.672. The van der Waals surface area contributed by atoms with E-state index < -0.39 is 0 Å². The highest BCUT2D eigenvalue weighted by Crippen LogP contribution is 2.36. The second-order valence-corrected chi connectivity index (χ2v) is 5.10. The molecule has 0 unspecified atom stereocenters. The zero-order chi connectivity index (χ0) is 11.1. The van der Waals surface area contributed by atoms with Crippen molar-refractivity contribution in [1.82, 2.24) is 0 Å². The molecule has 0 atom stereocenters. The molecule has 15 heavy (non-hydrogen) atoms. The molecule has 2 heteroatoms. The highest BCUT2D eigenvalue weighted by molar-refractivity contribution is 6.30. The maximum absolute atomic E-state index is 6.09. The van der Waals surface area contributed by atoms with Gasteiger partial charge in [0.1, 0.15) is 0 Å². The SMILES string of the molecule is C=C(C)c1cc(Cl)cc(CC2(N)CC2)c1. The molecule has 1 aromatic carbocycles. The number of hydrogen-bond donors (Lipinski definition) is 1. The molecule has 1 saturated carbocycles. The van der Waals surface area contributed by atoms with Gasteiger partial charge in [-0.2, -0.15) is 0 Å². The van der Waals surface area contributed by atoms with Gasteiger partial charge in [0.2, 0.25) is 0 Å². The molecule has 0 radical (unpaired) electrons. The number of benzene rings is 1. The summed E-state index contributed by atoms with van der Waals surface area (Å²) < 4.78 is 0. The Hall–Kier alpha value is -0.790. The Morgan fingerprint density at radius 1 is 1.47 bits per heavy atom. The molecular formula is C13H16ClN. The average molecular weight is 222 g/mol. The van der Waals surface area contributed by atoms with E-state index in [0.717, 1.165) is 35.4 Å². The second-order valence-electron chi connectivity index (χ2n) is 4.67. The molecule has 1 nitrogen and oxygen atoms in total. The van der Waals surface area contributed by atoms with Crippen molar-refractivity contribution >= 4 is 17.2 Å². The first-order valence-electron chi connectivity index (χ1n) is 5.23. The van der Waals surface area contributed by atoms with Crippen molar-refractivity contribution in [2.24, 2.45) is 5.73 Å². The zero-order valence-corrected chi connectivity index (χ0v) is 9.77. The zero-order valence-electron chi connectivity index (χ0n) is 9.02. The molecule has 80 valence electrons. The Labute approximate surface area is 95.9 Å². The molecule has 0 spiro atoms. The van der Waals surface area contributed by atoms with Gasteiger partial charge in [-0.15, -0.1) is 0 Å². The molecule has 0 aromatic heterocycles. The van der Waals surface area contributed by atoms with E-state index in [-0.39, 0.29) is 5.54 Å². The van der Waals surface area contributed by atoms with Crippen molar-refractivity contribution < 1.29 is 0 Å². The molecule has 1 aliphatic carbocycles. The summed E-state index contributed by atoms with van der Waals surface area (Å²) in [5, 5.41) is 0.773. The van der Waals surface area contributed by atoms with Gasteiger partial charge in [-0.3, -0.25) is 0 Å². The minimum absolute atomic E-state index is 0.0387. The number of rotatable bonds is 3. The second kappa shape index (κ2) is 3.66. The van der Waals surface area contributed by atoms with Gasteiger partial charge in [-0.05, 0) is 49.4 Å². The van der Waals surface area contributed by atoms with Crippen LogP contribution >= 0.6 is 11.6 Å². The first kappa shape index (κ1) is 10.7. The van der Waals surface area contributed by atoms with E-state index in [9.17, 15) is 0 Å². The summed E-state index contributed by atoms with van der Waals surface area (Å²) in [5.74, 6) is 0. The van der Waals surface area contributed by atoms with Gasteiger partial charge in [-0.1, -0.05) is 29.8 Å². The summed E-state index contributed by atoms with van der Waals surface area (Å²) in [4.78, 5) is 0. The molecule has 0 heterocycles. The highest BCUT2D eigenvalue weighted by atomic mass is 35.5. The number of hydrogen-bond acceptors (Lipinski definition) is 1. The monoisotopic (exact) mass is 221 g/mol. The Balaban J connectivity index is 2.27. The molecule has 1 aromatic rings. The van der Waals surface area contributed by atoms with E-state index in [0.29, 0.717) is 0 Å². The van der Waals surface area contributed by atoms with Crippen LogP contribution < -0.4 is 5.73 Å². The van der Waals surface area contributed by atoms with Crippen LogP contribution in [-0.2, 0) is 6.42 Å². The van der Waals surface area contributed by atoms with E-state index in [1.54, 1.807) is 0 Å². The Bertz CT molecular complexity index is 405. The van der Waals surface area contributed by atoms with Gasteiger partial charge in [0.05, 0.1) is 0 Å². The maximum atomic E-state index is 6.09. The number of allylic oxidation sites excluding steroid dienone is 1. The third-order valence-corrected chi connectivity index (χ3v) is 3.12. The van der Waals surface area contributed by atoms with Crippen molar-refractivity contribution in [2.45, 2.75) is 31.7 Å². The molecular weight excluding hydrogens is 206 g/mol. The molecule has 1 aliphatic rings. The van der Waals surface area contributed by atoms with Crippen LogP contribution in [0, 0.1) is 0 Å². The van der Waals surface area contributed by atoms with Crippen LogP contribution in [0.2, 0.25) is 5.02 Å². The van der Waals surface area contributed by atoms with E-state index in [1.807, 2.05) is 19.1 Å². The first-order valence-corrected chi connectivity index (χ1v) is 5.61. The van der Waals surface area contributed by atoms with Crippen LogP contribution in [0.15, 0.2) is 24.8 Å². The minimum Gasteiger partial charge on any atom is -0.325 e. The Kier molecular flexibility index (Phi) is 2.61. The van der Waals surface area contributed by atoms with Crippen LogP contribution in [0.25, 0.3) is 5.57 Å². The Morgan fingerprint density at radius 3 is 2.67 bits per heavy atom. The molecule has 0 bridgehead atoms. The molecule has 2 N–H and O–H groups in total. The largest absolute Gasteiger partial charge is 0.325 e. The molecule has 0 amide bonds. The fourth-order valence-electron chi connectivity index (χ4n) is 1.74. The summed E-state index contributed by atoms with van der Waals surface area (Å²) in [6.45, 7) is 5.92. The van der Waals surface area contributed by atoms with Crippen molar-refractivity contribution in [2.75, 3.05) is 0 Å². The smallest absolute Gasteiger partial charge is 0.0414 e. The maximum Gasteiger partial charge on any atom is 0.0414 e. The fourth-order valence-corrected chi connectivity index (χ4v) is 2.00. The lowest BCUT2D eigenvalue weighted by Gasteiger charge is -2.11. The van der Waals surface area contributed by atoms with Crippen LogP contribution in [0.3, 0.4) is 0 Å². The minimum atomic E-state index is 0.0387. The summed E-state index contributed by atoms with van der Waals surface area (Å²) >= 11 is 6.06. The predicted octanol–water partition coefficient (Wildman–Crippen LogP) is 3.41. The standard InChI is InChI=1S/C13H16ClN/c1-9(2)11-5-10(6-12(14)7-11)8-13(15)3-4-13/h5-7H,1,3-4,8,15H2,2H3. The van der Waals surface area contributed by atoms with Crippen molar-refractivity contribution in [3.05, 3.63) is 40.9 Å². The highest BCUT2D eigenvalue weighted by Gasteiger charge is 2.37. The van der Waals surface area contributed by atoms with E-state index in [2.05, 4.69) is 12.6 Å². The average Bonchev–Trinajstić information content (AvgIpc) is 2.81. The summed E-state index contributed by atoms with van der Waals surface area (Å²) in [6.07, 6.45) is 3.18. The normalized spacial score (nSPS) is 17.5. The molecule has 0 aliphatic heterocycles. The third kappa shape index (κ3) is 2.61. The van der Waals surface area contributed by atoms with Crippen molar-refractivity contribution in [3.63, 3.8) is 0 Å². The summed E-state index contributed by atoms with van der Waals surface area (Å²) in [6, 6.07) is 6.09. The molecule has 2 rings (SSSR count). The number of halogens is 1. The summed E-state index contributed by atoms with van der Waals surface area (Å²) in [7, 11) is 0. The lowest BCUT2D eigenvalue weighted by atomic mass is 10.00. The summed E-state index contributed by atoms with van der Waals surface area (Å²) in [5.41, 5.74) is 9.51. The fraction of sp³-hybridized carbons (Fsp3) is 0.385. The van der Waals surface area contributed by atoms with Crippen LogP contribution in [0.5, 0.6) is 0 Å². The van der Waals surface area contributed by atoms with Crippen LogP contribution in [0.1, 0.15) is 30.9 Å².